The van der Waals surface area contributed by atoms with E-state index in [1.807, 2.05) is 6.07 Å². The summed E-state index contributed by atoms with van der Waals surface area (Å²) in [7, 11) is 1.57. The van der Waals surface area contributed by atoms with Gasteiger partial charge in [-0.25, -0.2) is 9.69 Å². The molecule has 7 nitrogen and oxygen atoms in total. The van der Waals surface area contributed by atoms with Gasteiger partial charge in [-0.3, -0.25) is 9.59 Å². The Balaban J connectivity index is 1.42. The first-order valence-electron chi connectivity index (χ1n) is 9.81. The molecule has 4 rings (SSSR count). The molecule has 156 valence electrons. The maximum atomic E-state index is 13.0. The second-order valence-electron chi connectivity index (χ2n) is 7.34. The third-order valence-electron chi connectivity index (χ3n) is 5.60. The molecule has 8 heteroatoms. The van der Waals surface area contributed by atoms with Crippen LogP contribution in [0.2, 0.25) is 0 Å². The number of carbonyl (C=O) groups excluding carboxylic acids is 3. The Kier molecular flexibility index (Phi) is 5.76. The molecule has 0 saturated carbocycles. The summed E-state index contributed by atoms with van der Waals surface area (Å²) in [6, 6.07) is 13.9. The summed E-state index contributed by atoms with van der Waals surface area (Å²) in [6.07, 6.45) is 1.27. The van der Waals surface area contributed by atoms with E-state index in [9.17, 15) is 14.4 Å². The van der Waals surface area contributed by atoms with E-state index in [2.05, 4.69) is 15.9 Å². The highest BCUT2D eigenvalue weighted by Gasteiger charge is 2.41. The number of nitrogens with zero attached hydrogens (tertiary/aromatic N) is 3. The predicted octanol–water partition coefficient (Wildman–Crippen LogP) is 3.53. The molecule has 0 bridgehead atoms. The number of rotatable bonds is 4. The third-order valence-corrected chi connectivity index (χ3v) is 6.29. The average molecular weight is 472 g/mol. The molecule has 2 heterocycles. The minimum Gasteiger partial charge on any atom is -0.497 e. The molecule has 0 aromatic heterocycles. The standard InChI is InChI=1S/C22H22BrN3O4/c1-30-17-7-8-19(23)18(13-17)21(28)24-11-9-15(10-12-24)25-14-20(27)26(22(25)29)16-5-3-2-4-6-16/h2-8,13,15H,9-12,14H2,1H3. The molecular weight excluding hydrogens is 450 g/mol. The van der Waals surface area contributed by atoms with Crippen molar-refractivity contribution >= 4 is 39.5 Å². The van der Waals surface area contributed by atoms with Crippen molar-refractivity contribution in [1.29, 1.82) is 0 Å². The van der Waals surface area contributed by atoms with Crippen molar-refractivity contribution in [2.24, 2.45) is 0 Å². The second-order valence-corrected chi connectivity index (χ2v) is 8.20. The zero-order valence-electron chi connectivity index (χ0n) is 16.6. The van der Waals surface area contributed by atoms with E-state index in [0.29, 0.717) is 47.4 Å². The van der Waals surface area contributed by atoms with Crippen molar-refractivity contribution in [1.82, 2.24) is 9.80 Å². The van der Waals surface area contributed by atoms with Gasteiger partial charge in [0.05, 0.1) is 18.4 Å². The van der Waals surface area contributed by atoms with Crippen LogP contribution >= 0.6 is 15.9 Å². The molecular formula is C22H22BrN3O4. The number of urea groups is 1. The molecule has 0 spiro atoms. The average Bonchev–Trinajstić information content (AvgIpc) is 3.08. The van der Waals surface area contributed by atoms with Crippen LogP contribution in [-0.2, 0) is 4.79 Å². The zero-order chi connectivity index (χ0) is 21.3. The van der Waals surface area contributed by atoms with E-state index >= 15 is 0 Å². The van der Waals surface area contributed by atoms with E-state index in [4.69, 9.17) is 4.74 Å². The van der Waals surface area contributed by atoms with Crippen LogP contribution in [0.1, 0.15) is 23.2 Å². The quantitative estimate of drug-likeness (QED) is 0.639. The van der Waals surface area contributed by atoms with Crippen LogP contribution in [0.4, 0.5) is 10.5 Å². The molecule has 30 heavy (non-hydrogen) atoms. The van der Waals surface area contributed by atoms with Crippen molar-refractivity contribution in [2.45, 2.75) is 18.9 Å². The van der Waals surface area contributed by atoms with Crippen LogP contribution in [0.5, 0.6) is 5.75 Å². The van der Waals surface area contributed by atoms with Gasteiger partial charge in [0.1, 0.15) is 12.3 Å². The number of likely N-dealkylation sites (tertiary alicyclic amines) is 1. The summed E-state index contributed by atoms with van der Waals surface area (Å²) < 4.78 is 5.94. The molecule has 2 fully saturated rings. The van der Waals surface area contributed by atoms with Gasteiger partial charge in [0.15, 0.2) is 0 Å². The van der Waals surface area contributed by atoms with Crippen molar-refractivity contribution in [2.75, 3.05) is 31.6 Å². The lowest BCUT2D eigenvalue weighted by atomic mass is 10.0. The Morgan fingerprint density at radius 1 is 1.07 bits per heavy atom. The number of methoxy groups -OCH3 is 1. The van der Waals surface area contributed by atoms with E-state index in [0.717, 1.165) is 0 Å². The second kappa shape index (κ2) is 8.47. The van der Waals surface area contributed by atoms with Crippen LogP contribution in [0.3, 0.4) is 0 Å². The summed E-state index contributed by atoms with van der Waals surface area (Å²) in [5.74, 6) is 0.331. The highest BCUT2D eigenvalue weighted by Crippen LogP contribution is 2.28. The highest BCUT2D eigenvalue weighted by molar-refractivity contribution is 9.10. The molecule has 0 atom stereocenters. The van der Waals surface area contributed by atoms with Gasteiger partial charge in [0, 0.05) is 23.6 Å². The Morgan fingerprint density at radius 3 is 2.43 bits per heavy atom. The minimum absolute atomic E-state index is 0.0621. The zero-order valence-corrected chi connectivity index (χ0v) is 18.2. The van der Waals surface area contributed by atoms with Crippen molar-refractivity contribution in [3.8, 4) is 5.75 Å². The van der Waals surface area contributed by atoms with Gasteiger partial charge in [-0.05, 0) is 59.1 Å². The van der Waals surface area contributed by atoms with Gasteiger partial charge in [-0.2, -0.15) is 0 Å². The number of hydrogen-bond acceptors (Lipinski definition) is 4. The summed E-state index contributed by atoms with van der Waals surface area (Å²) in [6.45, 7) is 1.13. The van der Waals surface area contributed by atoms with Crippen LogP contribution in [0, 0.1) is 0 Å². The lowest BCUT2D eigenvalue weighted by Crippen LogP contribution is -2.48. The van der Waals surface area contributed by atoms with Gasteiger partial charge >= 0.3 is 6.03 Å². The molecule has 0 N–H and O–H groups in total. The SMILES string of the molecule is COc1ccc(Br)c(C(=O)N2CCC(N3CC(=O)N(c4ccccc4)C3=O)CC2)c1. The first-order chi connectivity index (χ1) is 14.5. The molecule has 2 saturated heterocycles. The fourth-order valence-electron chi connectivity index (χ4n) is 3.98. The summed E-state index contributed by atoms with van der Waals surface area (Å²) >= 11 is 3.44. The smallest absolute Gasteiger partial charge is 0.332 e. The molecule has 2 aliphatic rings. The van der Waals surface area contributed by atoms with Crippen LogP contribution in [0.15, 0.2) is 53.0 Å². The van der Waals surface area contributed by atoms with Gasteiger partial charge in [-0.1, -0.05) is 18.2 Å². The van der Waals surface area contributed by atoms with E-state index in [1.54, 1.807) is 59.4 Å². The summed E-state index contributed by atoms with van der Waals surface area (Å²) in [5, 5.41) is 0. The number of ether oxygens (including phenoxy) is 1. The number of hydrogen-bond donors (Lipinski definition) is 0. The molecule has 2 aromatic rings. The van der Waals surface area contributed by atoms with Crippen LogP contribution in [-0.4, -0.2) is 60.4 Å². The fraction of sp³-hybridized carbons (Fsp3) is 0.318. The predicted molar refractivity (Wildman–Crippen MR) is 116 cm³/mol. The monoisotopic (exact) mass is 471 g/mol. The van der Waals surface area contributed by atoms with Crippen LogP contribution in [0.25, 0.3) is 0 Å². The maximum absolute atomic E-state index is 13.0. The Hall–Kier alpha value is -2.87. The first kappa shape index (κ1) is 20.4. The van der Waals surface area contributed by atoms with E-state index in [-0.39, 0.29) is 30.4 Å². The molecule has 0 aliphatic carbocycles. The molecule has 4 amide bonds. The number of piperidine rings is 1. The largest absolute Gasteiger partial charge is 0.497 e. The fourth-order valence-corrected chi connectivity index (χ4v) is 4.40. The first-order valence-corrected chi connectivity index (χ1v) is 10.6. The highest BCUT2D eigenvalue weighted by atomic mass is 79.9. The number of halogens is 1. The number of amides is 4. The van der Waals surface area contributed by atoms with E-state index < -0.39 is 0 Å². The lowest BCUT2D eigenvalue weighted by molar-refractivity contribution is -0.116. The van der Waals surface area contributed by atoms with Gasteiger partial charge in [-0.15, -0.1) is 0 Å². The Morgan fingerprint density at radius 2 is 1.77 bits per heavy atom. The maximum Gasteiger partial charge on any atom is 0.332 e. The van der Waals surface area contributed by atoms with Crippen molar-refractivity contribution < 1.29 is 19.1 Å². The Labute approximate surface area is 183 Å². The normalized spacial score (nSPS) is 17.6. The number of carbonyl (C=O) groups is 3. The van der Waals surface area contributed by atoms with E-state index in [1.165, 1.54) is 4.90 Å². The van der Waals surface area contributed by atoms with Gasteiger partial charge in [0.2, 0.25) is 0 Å². The molecule has 2 aromatic carbocycles. The van der Waals surface area contributed by atoms with Gasteiger partial charge < -0.3 is 14.5 Å². The summed E-state index contributed by atoms with van der Waals surface area (Å²) in [5.41, 5.74) is 1.14. The van der Waals surface area contributed by atoms with Crippen LogP contribution < -0.4 is 9.64 Å². The number of para-hydroxylation sites is 1. The van der Waals surface area contributed by atoms with Gasteiger partial charge in [0.25, 0.3) is 11.8 Å². The third kappa shape index (κ3) is 3.79. The molecule has 0 unspecified atom stereocenters. The molecule has 2 aliphatic heterocycles. The number of benzene rings is 2. The Bertz CT molecular complexity index is 974. The minimum atomic E-state index is -0.286. The number of anilines is 1. The van der Waals surface area contributed by atoms with Crippen molar-refractivity contribution in [3.63, 3.8) is 0 Å². The number of imide groups is 1. The summed E-state index contributed by atoms with van der Waals surface area (Å²) in [4.78, 5) is 43.0. The van der Waals surface area contributed by atoms with Crippen molar-refractivity contribution in [3.05, 3.63) is 58.6 Å². The lowest BCUT2D eigenvalue weighted by Gasteiger charge is -2.36. The molecule has 0 radical (unpaired) electrons. The topological polar surface area (TPSA) is 70.2 Å².